The summed E-state index contributed by atoms with van der Waals surface area (Å²) >= 11 is 2.39. The number of nitrogens with one attached hydrogen (secondary N) is 1. The van der Waals surface area contributed by atoms with Crippen molar-refractivity contribution in [2.24, 2.45) is 5.92 Å². The molecule has 2 amide bonds. The molecule has 0 spiro atoms. The lowest BCUT2D eigenvalue weighted by atomic mass is 10.1. The van der Waals surface area contributed by atoms with Crippen LogP contribution in [-0.2, 0) is 19.1 Å². The van der Waals surface area contributed by atoms with Crippen LogP contribution in [0.3, 0.4) is 0 Å². The molecule has 1 N–H and O–H groups in total. The van der Waals surface area contributed by atoms with Gasteiger partial charge in [-0.2, -0.15) is 0 Å². The number of thioether (sulfide) groups is 1. The van der Waals surface area contributed by atoms with Crippen LogP contribution in [0.15, 0.2) is 34.7 Å². The van der Waals surface area contributed by atoms with Crippen LogP contribution in [0.25, 0.3) is 0 Å². The van der Waals surface area contributed by atoms with Gasteiger partial charge in [0.1, 0.15) is 5.25 Å². The molecule has 27 heavy (non-hydrogen) atoms. The third-order valence-electron chi connectivity index (χ3n) is 4.01. The average molecular weight is 406 g/mol. The van der Waals surface area contributed by atoms with E-state index >= 15 is 0 Å². The first-order chi connectivity index (χ1) is 13.0. The molecule has 1 aliphatic heterocycles. The van der Waals surface area contributed by atoms with Crippen molar-refractivity contribution in [1.82, 2.24) is 10.2 Å². The maximum Gasteiger partial charge on any atom is 0.318 e. The van der Waals surface area contributed by atoms with Gasteiger partial charge in [-0.15, -0.1) is 10.2 Å². The summed E-state index contributed by atoms with van der Waals surface area (Å²) in [5.41, 5.74) is 0.782. The van der Waals surface area contributed by atoms with Gasteiger partial charge in [-0.05, 0) is 19.1 Å². The van der Waals surface area contributed by atoms with E-state index in [0.29, 0.717) is 16.0 Å². The molecular weight excluding hydrogens is 388 g/mol. The van der Waals surface area contributed by atoms with Crippen molar-refractivity contribution in [3.8, 4) is 0 Å². The van der Waals surface area contributed by atoms with Gasteiger partial charge >= 0.3 is 5.97 Å². The molecule has 2 heterocycles. The lowest BCUT2D eigenvalue weighted by molar-refractivity contribution is -0.139. The van der Waals surface area contributed by atoms with Gasteiger partial charge in [0.05, 0.1) is 13.0 Å². The van der Waals surface area contributed by atoms with E-state index in [0.717, 1.165) is 5.69 Å². The van der Waals surface area contributed by atoms with E-state index < -0.39 is 11.2 Å². The van der Waals surface area contributed by atoms with Crippen molar-refractivity contribution in [3.63, 3.8) is 0 Å². The molecule has 0 unspecified atom stereocenters. The van der Waals surface area contributed by atoms with Crippen molar-refractivity contribution in [3.05, 3.63) is 30.3 Å². The Morgan fingerprint density at radius 2 is 2.07 bits per heavy atom. The van der Waals surface area contributed by atoms with Crippen LogP contribution < -0.4 is 10.2 Å². The lowest BCUT2D eigenvalue weighted by Crippen LogP contribution is -2.28. The number of methoxy groups -OCH3 is 1. The Balaban J connectivity index is 1.58. The average Bonchev–Trinajstić information content (AvgIpc) is 3.28. The van der Waals surface area contributed by atoms with Gasteiger partial charge in [0.15, 0.2) is 4.34 Å². The lowest BCUT2D eigenvalue weighted by Gasteiger charge is -2.16. The SMILES string of the molecule is COC(=O)[C@@H](C)Sc1nnc(NC(=O)[C@H]2CC(=O)N(c3ccccc3)C2)s1. The highest BCUT2D eigenvalue weighted by Gasteiger charge is 2.35. The summed E-state index contributed by atoms with van der Waals surface area (Å²) in [6.07, 6.45) is 0.153. The minimum atomic E-state index is -0.452. The fourth-order valence-electron chi connectivity index (χ4n) is 2.62. The molecule has 8 nitrogen and oxygen atoms in total. The zero-order valence-electron chi connectivity index (χ0n) is 14.7. The summed E-state index contributed by atoms with van der Waals surface area (Å²) in [5, 5.41) is 10.5. The number of hydrogen-bond donors (Lipinski definition) is 1. The van der Waals surface area contributed by atoms with E-state index in [1.807, 2.05) is 30.3 Å². The normalized spacial score (nSPS) is 17.6. The van der Waals surface area contributed by atoms with Crippen molar-refractivity contribution >= 4 is 51.7 Å². The quantitative estimate of drug-likeness (QED) is 0.446. The minimum Gasteiger partial charge on any atom is -0.468 e. The molecule has 0 aliphatic carbocycles. The Morgan fingerprint density at radius 3 is 2.78 bits per heavy atom. The van der Waals surface area contributed by atoms with E-state index in [-0.39, 0.29) is 24.2 Å². The summed E-state index contributed by atoms with van der Waals surface area (Å²) in [5.74, 6) is -1.16. The molecule has 0 radical (unpaired) electrons. The molecule has 1 aliphatic rings. The number of nitrogens with zero attached hydrogens (tertiary/aromatic N) is 3. The smallest absolute Gasteiger partial charge is 0.318 e. The van der Waals surface area contributed by atoms with Crippen LogP contribution in [0, 0.1) is 5.92 Å². The van der Waals surface area contributed by atoms with Crippen LogP contribution in [0.1, 0.15) is 13.3 Å². The molecule has 1 saturated heterocycles. The van der Waals surface area contributed by atoms with E-state index in [1.54, 1.807) is 11.8 Å². The molecule has 0 saturated carbocycles. The Bertz CT molecular complexity index is 842. The third kappa shape index (κ3) is 4.64. The number of para-hydroxylation sites is 1. The van der Waals surface area contributed by atoms with Gasteiger partial charge in [-0.3, -0.25) is 14.4 Å². The van der Waals surface area contributed by atoms with Crippen LogP contribution in [0.4, 0.5) is 10.8 Å². The Morgan fingerprint density at radius 1 is 1.33 bits per heavy atom. The number of anilines is 2. The Hall–Kier alpha value is -2.46. The highest BCUT2D eigenvalue weighted by molar-refractivity contribution is 8.02. The van der Waals surface area contributed by atoms with Gasteiger partial charge in [0.25, 0.3) is 0 Å². The van der Waals surface area contributed by atoms with Gasteiger partial charge in [-0.25, -0.2) is 0 Å². The molecule has 3 rings (SSSR count). The minimum absolute atomic E-state index is 0.0817. The molecule has 2 aromatic rings. The number of carbonyl (C=O) groups excluding carboxylic acids is 3. The van der Waals surface area contributed by atoms with Gasteiger partial charge in [0, 0.05) is 18.7 Å². The second kappa shape index (κ2) is 8.49. The molecule has 1 fully saturated rings. The van der Waals surface area contributed by atoms with E-state index in [4.69, 9.17) is 0 Å². The van der Waals surface area contributed by atoms with Crippen molar-refractivity contribution in [2.75, 3.05) is 23.9 Å². The van der Waals surface area contributed by atoms with Crippen molar-refractivity contribution in [2.45, 2.75) is 22.9 Å². The number of carbonyl (C=O) groups is 3. The number of rotatable bonds is 6. The summed E-state index contributed by atoms with van der Waals surface area (Å²) in [4.78, 5) is 37.8. The fraction of sp³-hybridized carbons (Fsp3) is 0.353. The molecule has 1 aromatic carbocycles. The second-order valence-corrected chi connectivity index (χ2v) is 8.45. The highest BCUT2D eigenvalue weighted by atomic mass is 32.2. The van der Waals surface area contributed by atoms with E-state index in [1.165, 1.54) is 30.2 Å². The van der Waals surface area contributed by atoms with Gasteiger partial charge in [-0.1, -0.05) is 41.3 Å². The largest absolute Gasteiger partial charge is 0.468 e. The maximum absolute atomic E-state index is 12.5. The summed E-state index contributed by atoms with van der Waals surface area (Å²) in [6.45, 7) is 2.03. The highest BCUT2D eigenvalue weighted by Crippen LogP contribution is 2.30. The first-order valence-electron chi connectivity index (χ1n) is 8.22. The number of hydrogen-bond acceptors (Lipinski definition) is 8. The van der Waals surface area contributed by atoms with Crippen molar-refractivity contribution < 1.29 is 19.1 Å². The van der Waals surface area contributed by atoms with Gasteiger partial charge < -0.3 is 15.0 Å². The van der Waals surface area contributed by atoms with Crippen molar-refractivity contribution in [1.29, 1.82) is 0 Å². The molecule has 1 aromatic heterocycles. The number of amides is 2. The molecule has 10 heteroatoms. The van der Waals surface area contributed by atoms with Crippen LogP contribution in [0.2, 0.25) is 0 Å². The number of aromatic nitrogens is 2. The summed E-state index contributed by atoms with van der Waals surface area (Å²) in [7, 11) is 1.33. The zero-order valence-corrected chi connectivity index (χ0v) is 16.4. The number of ether oxygens (including phenoxy) is 1. The fourth-order valence-corrected chi connectivity index (χ4v) is 4.55. The van der Waals surface area contributed by atoms with Crippen LogP contribution in [-0.4, -0.2) is 46.9 Å². The number of benzene rings is 1. The topological polar surface area (TPSA) is 101 Å². The summed E-state index contributed by atoms with van der Waals surface area (Å²) in [6, 6.07) is 9.27. The zero-order chi connectivity index (χ0) is 19.4. The van der Waals surface area contributed by atoms with Gasteiger partial charge in [0.2, 0.25) is 16.9 Å². The second-order valence-electron chi connectivity index (χ2n) is 5.89. The molecule has 0 bridgehead atoms. The predicted molar refractivity (Wildman–Crippen MR) is 103 cm³/mol. The molecule has 142 valence electrons. The Kier molecular flexibility index (Phi) is 6.07. The third-order valence-corrected chi connectivity index (χ3v) is 6.01. The molecular formula is C17H18N4O4S2. The standard InChI is InChI=1S/C17H18N4O4S2/c1-10(15(24)25-2)26-17-20-19-16(27-17)18-14(23)11-8-13(22)21(9-11)12-6-4-3-5-7-12/h3-7,10-11H,8-9H2,1-2H3,(H,18,19,23)/t10-,11+/m1/s1. The predicted octanol–water partition coefficient (Wildman–Crippen LogP) is 2.18. The Labute approximate surface area is 164 Å². The maximum atomic E-state index is 12.5. The first kappa shape index (κ1) is 19.3. The molecule has 2 atom stereocenters. The monoisotopic (exact) mass is 406 g/mol. The number of esters is 1. The van der Waals surface area contributed by atoms with Crippen LogP contribution >= 0.6 is 23.1 Å². The van der Waals surface area contributed by atoms with E-state index in [9.17, 15) is 14.4 Å². The van der Waals surface area contributed by atoms with E-state index in [2.05, 4.69) is 20.3 Å². The van der Waals surface area contributed by atoms with Crippen LogP contribution in [0.5, 0.6) is 0 Å². The first-order valence-corrected chi connectivity index (χ1v) is 9.92. The summed E-state index contributed by atoms with van der Waals surface area (Å²) < 4.78 is 5.22.